The van der Waals surface area contributed by atoms with E-state index in [1.807, 2.05) is 0 Å². The van der Waals surface area contributed by atoms with Crippen LogP contribution < -0.4 is 14.2 Å². The lowest BCUT2D eigenvalue weighted by atomic mass is 10.2. The Morgan fingerprint density at radius 2 is 1.69 bits per heavy atom. The van der Waals surface area contributed by atoms with Crippen molar-refractivity contribution < 1.29 is 26.0 Å². The first-order valence-electron chi connectivity index (χ1n) is 8.08. The van der Waals surface area contributed by atoms with Gasteiger partial charge >= 0.3 is 0 Å². The maximum atomic E-state index is 13.1. The highest BCUT2D eigenvalue weighted by Gasteiger charge is 2.20. The Bertz CT molecular complexity index is 1240. The lowest BCUT2D eigenvalue weighted by molar-refractivity contribution is 0.417. The monoisotopic (exact) mass is 440 g/mol. The molecule has 0 aliphatic heterocycles. The largest absolute Gasteiger partial charge is 0.495 e. The molecule has 1 heterocycles. The highest BCUT2D eigenvalue weighted by molar-refractivity contribution is 7.93. The second-order valence-corrected chi connectivity index (χ2v) is 9.27. The molecule has 3 aromatic rings. The van der Waals surface area contributed by atoms with Crippen molar-refractivity contribution in [3.8, 4) is 5.75 Å². The van der Waals surface area contributed by atoms with E-state index in [4.69, 9.17) is 4.74 Å². The molecule has 0 fully saturated rings. The summed E-state index contributed by atoms with van der Waals surface area (Å²) in [6.45, 7) is 0. The maximum Gasteiger partial charge on any atom is 0.280 e. The average Bonchev–Trinajstić information content (AvgIpc) is 3.09. The zero-order chi connectivity index (χ0) is 21.2. The predicted molar refractivity (Wildman–Crippen MR) is 104 cm³/mol. The number of rotatable bonds is 7. The Labute approximate surface area is 167 Å². The summed E-state index contributed by atoms with van der Waals surface area (Å²) in [6.07, 6.45) is 2.66. The molecule has 12 heteroatoms. The van der Waals surface area contributed by atoms with Gasteiger partial charge in [0.25, 0.3) is 20.0 Å². The minimum atomic E-state index is -4.06. The lowest BCUT2D eigenvalue weighted by Gasteiger charge is -2.14. The van der Waals surface area contributed by atoms with Gasteiger partial charge in [-0.3, -0.25) is 9.44 Å². The van der Waals surface area contributed by atoms with Gasteiger partial charge in [0.15, 0.2) is 5.03 Å². The van der Waals surface area contributed by atoms with Gasteiger partial charge in [-0.1, -0.05) is 0 Å². The van der Waals surface area contributed by atoms with E-state index in [1.54, 1.807) is 7.05 Å². The first-order valence-corrected chi connectivity index (χ1v) is 11.0. The third-order valence-electron chi connectivity index (χ3n) is 3.78. The maximum absolute atomic E-state index is 13.1. The topological polar surface area (TPSA) is 119 Å². The molecule has 1 aromatic heterocycles. The number of nitrogens with one attached hydrogen (secondary N) is 2. The van der Waals surface area contributed by atoms with E-state index in [0.717, 1.165) is 24.3 Å². The van der Waals surface area contributed by atoms with Crippen LogP contribution in [0.25, 0.3) is 0 Å². The fraction of sp³-hybridized carbons (Fsp3) is 0.118. The van der Waals surface area contributed by atoms with Gasteiger partial charge in [0, 0.05) is 13.2 Å². The van der Waals surface area contributed by atoms with Crippen LogP contribution >= 0.6 is 0 Å². The zero-order valence-corrected chi connectivity index (χ0v) is 17.0. The van der Waals surface area contributed by atoms with Crippen LogP contribution in [0.2, 0.25) is 0 Å². The molecule has 9 nitrogen and oxygen atoms in total. The van der Waals surface area contributed by atoms with Crippen molar-refractivity contribution in [2.24, 2.45) is 7.05 Å². The quantitative estimate of drug-likeness (QED) is 0.581. The fourth-order valence-corrected chi connectivity index (χ4v) is 4.50. The van der Waals surface area contributed by atoms with Gasteiger partial charge in [-0.25, -0.2) is 17.8 Å². The first kappa shape index (κ1) is 20.6. The lowest BCUT2D eigenvalue weighted by Crippen LogP contribution is -2.16. The number of aromatic nitrogens is 2. The van der Waals surface area contributed by atoms with Crippen molar-refractivity contribution in [3.63, 3.8) is 0 Å². The van der Waals surface area contributed by atoms with Crippen LogP contribution in [0.15, 0.2) is 64.9 Å². The normalized spacial score (nSPS) is 11.8. The van der Waals surface area contributed by atoms with Gasteiger partial charge in [0.1, 0.15) is 11.6 Å². The number of aryl methyl sites for hydroxylation is 1. The molecule has 0 spiro atoms. The second kappa shape index (κ2) is 7.72. The van der Waals surface area contributed by atoms with Crippen LogP contribution in [0, 0.1) is 5.82 Å². The molecule has 3 rings (SSSR count). The van der Waals surface area contributed by atoms with E-state index in [-0.39, 0.29) is 27.0 Å². The Morgan fingerprint density at radius 3 is 2.28 bits per heavy atom. The highest BCUT2D eigenvalue weighted by atomic mass is 32.2. The number of nitrogens with zero attached hydrogens (tertiary/aromatic N) is 2. The van der Waals surface area contributed by atoms with E-state index < -0.39 is 25.9 Å². The third kappa shape index (κ3) is 4.66. The number of hydrogen-bond donors (Lipinski definition) is 2. The predicted octanol–water partition coefficient (Wildman–Crippen LogP) is 2.17. The number of benzene rings is 2. The highest BCUT2D eigenvalue weighted by Crippen LogP contribution is 2.31. The Kier molecular flexibility index (Phi) is 5.48. The molecular formula is C17H17FN4O5S2. The van der Waals surface area contributed by atoms with Crippen LogP contribution in [0.4, 0.5) is 15.8 Å². The molecule has 0 unspecified atom stereocenters. The first-order chi connectivity index (χ1) is 13.6. The summed E-state index contributed by atoms with van der Waals surface area (Å²) in [4.78, 5) is 3.63. The summed E-state index contributed by atoms with van der Waals surface area (Å²) in [5.74, 6) is -0.413. The molecule has 2 N–H and O–H groups in total. The number of hydrogen-bond acceptors (Lipinski definition) is 6. The number of sulfonamides is 2. The molecular weight excluding hydrogens is 423 g/mol. The average molecular weight is 440 g/mol. The summed E-state index contributed by atoms with van der Waals surface area (Å²) in [6, 6.07) is 8.33. The third-order valence-corrected chi connectivity index (χ3v) is 6.42. The summed E-state index contributed by atoms with van der Waals surface area (Å²) in [5.41, 5.74) is 0.0892. The van der Waals surface area contributed by atoms with Crippen LogP contribution in [-0.2, 0) is 27.1 Å². The molecule has 0 atom stereocenters. The number of ether oxygens (including phenoxy) is 1. The molecule has 0 saturated heterocycles. The van der Waals surface area contributed by atoms with Gasteiger partial charge in [0.2, 0.25) is 0 Å². The summed E-state index contributed by atoms with van der Waals surface area (Å²) < 4.78 is 74.3. The summed E-state index contributed by atoms with van der Waals surface area (Å²) in [5, 5.41) is -0.190. The van der Waals surface area contributed by atoms with E-state index in [0.29, 0.717) is 0 Å². The molecule has 154 valence electrons. The fourth-order valence-electron chi connectivity index (χ4n) is 2.40. The van der Waals surface area contributed by atoms with E-state index in [1.165, 1.54) is 42.4 Å². The van der Waals surface area contributed by atoms with E-state index in [9.17, 15) is 21.2 Å². The van der Waals surface area contributed by atoms with Crippen LogP contribution in [-0.4, -0.2) is 33.5 Å². The van der Waals surface area contributed by atoms with Gasteiger partial charge in [-0.05, 0) is 42.5 Å². The summed E-state index contributed by atoms with van der Waals surface area (Å²) >= 11 is 0. The Hall–Kier alpha value is -3.12. The molecule has 2 aromatic carbocycles. The van der Waals surface area contributed by atoms with Crippen molar-refractivity contribution >= 4 is 31.4 Å². The van der Waals surface area contributed by atoms with Crippen molar-refractivity contribution in [2.45, 2.75) is 9.92 Å². The molecule has 0 radical (unpaired) electrons. The standard InChI is InChI=1S/C17H17FN4O5S2/c1-22-10-17(19-11-22)29(25,26)20-13-5-8-16(27-2)15(9-13)21-28(23,24)14-6-3-12(18)4-7-14/h3-11,20-21H,1-2H3. The molecule has 0 bridgehead atoms. The van der Waals surface area contributed by atoms with Crippen molar-refractivity contribution in [3.05, 3.63) is 60.8 Å². The Balaban J connectivity index is 1.92. The van der Waals surface area contributed by atoms with E-state index >= 15 is 0 Å². The van der Waals surface area contributed by atoms with E-state index in [2.05, 4.69) is 14.4 Å². The van der Waals surface area contributed by atoms with Gasteiger partial charge in [0.05, 0.1) is 29.7 Å². The molecule has 0 amide bonds. The minimum Gasteiger partial charge on any atom is -0.495 e. The van der Waals surface area contributed by atoms with Crippen LogP contribution in [0.1, 0.15) is 0 Å². The minimum absolute atomic E-state index is 0.00181. The Morgan fingerprint density at radius 1 is 1.00 bits per heavy atom. The van der Waals surface area contributed by atoms with Gasteiger partial charge < -0.3 is 9.30 Å². The smallest absolute Gasteiger partial charge is 0.280 e. The van der Waals surface area contributed by atoms with Gasteiger partial charge in [-0.2, -0.15) is 8.42 Å². The van der Waals surface area contributed by atoms with Crippen molar-refractivity contribution in [1.29, 1.82) is 0 Å². The second-order valence-electron chi connectivity index (χ2n) is 5.96. The van der Waals surface area contributed by atoms with Crippen LogP contribution in [0.3, 0.4) is 0 Å². The SMILES string of the molecule is COc1ccc(NS(=O)(=O)c2cn(C)cn2)cc1NS(=O)(=O)c1ccc(F)cc1. The van der Waals surface area contributed by atoms with Gasteiger partial charge in [-0.15, -0.1) is 0 Å². The molecule has 0 saturated carbocycles. The number of anilines is 2. The zero-order valence-electron chi connectivity index (χ0n) is 15.3. The van der Waals surface area contributed by atoms with Crippen LogP contribution in [0.5, 0.6) is 5.75 Å². The number of halogens is 1. The molecule has 0 aliphatic rings. The molecule has 0 aliphatic carbocycles. The molecule has 29 heavy (non-hydrogen) atoms. The van der Waals surface area contributed by atoms with Crippen molar-refractivity contribution in [1.82, 2.24) is 9.55 Å². The number of imidazole rings is 1. The number of methoxy groups -OCH3 is 1. The van der Waals surface area contributed by atoms with Crippen molar-refractivity contribution in [2.75, 3.05) is 16.6 Å². The summed E-state index contributed by atoms with van der Waals surface area (Å²) in [7, 11) is -5.07.